The van der Waals surface area contributed by atoms with Gasteiger partial charge < -0.3 is 4.90 Å². The lowest BCUT2D eigenvalue weighted by molar-refractivity contribution is 0.167. The second-order valence-corrected chi connectivity index (χ2v) is 7.94. The van der Waals surface area contributed by atoms with Crippen LogP contribution in [-0.2, 0) is 0 Å². The van der Waals surface area contributed by atoms with E-state index in [4.69, 9.17) is 5.26 Å². The van der Waals surface area contributed by atoms with E-state index in [0.29, 0.717) is 11.0 Å². The van der Waals surface area contributed by atoms with Gasteiger partial charge in [-0.25, -0.2) is 9.97 Å². The minimum Gasteiger partial charge on any atom is -0.338 e. The van der Waals surface area contributed by atoms with Gasteiger partial charge in [0.2, 0.25) is 5.95 Å². The summed E-state index contributed by atoms with van der Waals surface area (Å²) in [6.07, 6.45) is 7.28. The van der Waals surface area contributed by atoms with Crippen LogP contribution in [0, 0.1) is 22.7 Å². The maximum atomic E-state index is 8.82. The van der Waals surface area contributed by atoms with Gasteiger partial charge in [0.05, 0.1) is 18.0 Å². The summed E-state index contributed by atoms with van der Waals surface area (Å²) in [5.41, 5.74) is 0.957. The Morgan fingerprint density at radius 1 is 1.09 bits per heavy atom. The maximum absolute atomic E-state index is 8.82. The normalized spacial score (nSPS) is 26.3. The zero-order valence-electron chi connectivity index (χ0n) is 14.5. The molecule has 0 radical (unpaired) electrons. The quantitative estimate of drug-likeness (QED) is 0.840. The highest BCUT2D eigenvalue weighted by molar-refractivity contribution is 5.33. The topological polar surface area (TPSA) is 56.0 Å². The Balaban J connectivity index is 1.53. The molecule has 1 aromatic rings. The molecular weight excluding hydrogens is 286 g/mol. The standard InChI is InChI=1S/C18H27N5/c1-18(2,3)15-4-5-16(10-15)22-6-8-23(9-7-22)17-20-12-14(11-19)13-21-17/h12-13,15-16H,4-10H2,1-3H3/t15?,16-/m1/s1. The van der Waals surface area contributed by atoms with Crippen LogP contribution in [0.4, 0.5) is 5.95 Å². The van der Waals surface area contributed by atoms with E-state index in [1.807, 2.05) is 0 Å². The number of nitriles is 1. The molecule has 2 fully saturated rings. The van der Waals surface area contributed by atoms with E-state index in [2.05, 4.69) is 46.6 Å². The Labute approximate surface area is 139 Å². The molecule has 1 aromatic heterocycles. The molecule has 2 aliphatic rings. The Kier molecular flexibility index (Phi) is 4.54. The lowest BCUT2D eigenvalue weighted by Gasteiger charge is -2.38. The predicted molar refractivity (Wildman–Crippen MR) is 91.1 cm³/mol. The smallest absolute Gasteiger partial charge is 0.225 e. The molecule has 0 bridgehead atoms. The van der Waals surface area contributed by atoms with Crippen molar-refractivity contribution in [2.24, 2.45) is 11.3 Å². The van der Waals surface area contributed by atoms with Crippen molar-refractivity contribution in [2.45, 2.75) is 46.1 Å². The van der Waals surface area contributed by atoms with E-state index >= 15 is 0 Å². The molecule has 1 saturated heterocycles. The van der Waals surface area contributed by atoms with Crippen LogP contribution in [0.3, 0.4) is 0 Å². The number of anilines is 1. The molecular formula is C18H27N5. The van der Waals surface area contributed by atoms with Crippen molar-refractivity contribution in [3.8, 4) is 6.07 Å². The first-order valence-corrected chi connectivity index (χ1v) is 8.68. The first kappa shape index (κ1) is 16.2. The van der Waals surface area contributed by atoms with E-state index in [-0.39, 0.29) is 0 Å². The second kappa shape index (κ2) is 6.45. The summed E-state index contributed by atoms with van der Waals surface area (Å²) in [7, 11) is 0. The lowest BCUT2D eigenvalue weighted by atomic mass is 9.79. The molecule has 1 saturated carbocycles. The summed E-state index contributed by atoms with van der Waals surface area (Å²) >= 11 is 0. The summed E-state index contributed by atoms with van der Waals surface area (Å²) in [6, 6.07) is 2.82. The molecule has 124 valence electrons. The first-order chi connectivity index (χ1) is 11.0. The molecule has 2 atom stereocenters. The van der Waals surface area contributed by atoms with Gasteiger partial charge in [-0.2, -0.15) is 5.26 Å². The molecule has 1 aliphatic heterocycles. The minimum absolute atomic E-state index is 0.437. The minimum atomic E-state index is 0.437. The third-order valence-corrected chi connectivity index (χ3v) is 5.51. The molecule has 23 heavy (non-hydrogen) atoms. The van der Waals surface area contributed by atoms with Gasteiger partial charge in [-0.1, -0.05) is 20.8 Å². The van der Waals surface area contributed by atoms with Crippen molar-refractivity contribution in [1.82, 2.24) is 14.9 Å². The second-order valence-electron chi connectivity index (χ2n) is 7.94. The molecule has 5 heteroatoms. The van der Waals surface area contributed by atoms with Gasteiger partial charge in [-0.15, -0.1) is 0 Å². The van der Waals surface area contributed by atoms with Crippen molar-refractivity contribution in [3.63, 3.8) is 0 Å². The van der Waals surface area contributed by atoms with E-state index in [0.717, 1.165) is 44.1 Å². The van der Waals surface area contributed by atoms with E-state index in [1.54, 1.807) is 12.4 Å². The molecule has 5 nitrogen and oxygen atoms in total. The van der Waals surface area contributed by atoms with Crippen LogP contribution in [0.15, 0.2) is 12.4 Å². The van der Waals surface area contributed by atoms with Crippen LogP contribution in [0.1, 0.15) is 45.6 Å². The zero-order chi connectivity index (χ0) is 16.4. The highest BCUT2D eigenvalue weighted by Gasteiger charge is 2.36. The number of nitrogens with zero attached hydrogens (tertiary/aromatic N) is 5. The fourth-order valence-electron chi connectivity index (χ4n) is 3.91. The molecule has 0 spiro atoms. The van der Waals surface area contributed by atoms with Crippen LogP contribution in [-0.4, -0.2) is 47.1 Å². The predicted octanol–water partition coefficient (Wildman–Crippen LogP) is 2.69. The van der Waals surface area contributed by atoms with Crippen molar-refractivity contribution in [3.05, 3.63) is 18.0 Å². The van der Waals surface area contributed by atoms with E-state index in [9.17, 15) is 0 Å². The summed E-state index contributed by atoms with van der Waals surface area (Å²) < 4.78 is 0. The van der Waals surface area contributed by atoms with Gasteiger partial charge in [-0.05, 0) is 30.6 Å². The van der Waals surface area contributed by atoms with Crippen LogP contribution in [0.25, 0.3) is 0 Å². The van der Waals surface area contributed by atoms with Crippen molar-refractivity contribution >= 4 is 5.95 Å². The number of hydrogen-bond donors (Lipinski definition) is 0. The average Bonchev–Trinajstić information content (AvgIpc) is 3.05. The zero-order valence-corrected chi connectivity index (χ0v) is 14.5. The Morgan fingerprint density at radius 2 is 1.74 bits per heavy atom. The monoisotopic (exact) mass is 313 g/mol. The third kappa shape index (κ3) is 3.64. The summed E-state index contributed by atoms with van der Waals surface area (Å²) in [4.78, 5) is 13.5. The van der Waals surface area contributed by atoms with Gasteiger partial charge in [0.25, 0.3) is 0 Å². The average molecular weight is 313 g/mol. The Hall–Kier alpha value is -1.67. The molecule has 1 unspecified atom stereocenters. The number of hydrogen-bond acceptors (Lipinski definition) is 5. The molecule has 0 aromatic carbocycles. The third-order valence-electron chi connectivity index (χ3n) is 5.51. The van der Waals surface area contributed by atoms with E-state index < -0.39 is 0 Å². The Morgan fingerprint density at radius 3 is 2.26 bits per heavy atom. The molecule has 0 amide bonds. The molecule has 3 rings (SSSR count). The van der Waals surface area contributed by atoms with E-state index in [1.165, 1.54) is 19.3 Å². The summed E-state index contributed by atoms with van der Waals surface area (Å²) in [5, 5.41) is 8.82. The number of piperazine rings is 1. The highest BCUT2D eigenvalue weighted by atomic mass is 15.3. The first-order valence-electron chi connectivity index (χ1n) is 8.68. The van der Waals surface area contributed by atoms with Gasteiger partial charge in [-0.3, -0.25) is 4.90 Å². The van der Waals surface area contributed by atoms with Gasteiger partial charge in [0, 0.05) is 32.2 Å². The van der Waals surface area contributed by atoms with Crippen LogP contribution in [0.2, 0.25) is 0 Å². The SMILES string of the molecule is CC(C)(C)C1CC[C@@H](N2CCN(c3ncc(C#N)cn3)CC2)C1. The van der Waals surface area contributed by atoms with Crippen molar-refractivity contribution < 1.29 is 0 Å². The van der Waals surface area contributed by atoms with Gasteiger partial charge in [0.1, 0.15) is 6.07 Å². The lowest BCUT2D eigenvalue weighted by Crippen LogP contribution is -2.50. The van der Waals surface area contributed by atoms with Crippen LogP contribution < -0.4 is 4.90 Å². The van der Waals surface area contributed by atoms with Gasteiger partial charge >= 0.3 is 0 Å². The van der Waals surface area contributed by atoms with Crippen molar-refractivity contribution in [2.75, 3.05) is 31.1 Å². The fourth-order valence-corrected chi connectivity index (χ4v) is 3.91. The number of rotatable bonds is 2. The molecule has 0 N–H and O–H groups in total. The van der Waals surface area contributed by atoms with Crippen LogP contribution >= 0.6 is 0 Å². The molecule has 2 heterocycles. The Bertz CT molecular complexity index is 561. The summed E-state index contributed by atoms with van der Waals surface area (Å²) in [6.45, 7) is 11.3. The maximum Gasteiger partial charge on any atom is 0.225 e. The number of aromatic nitrogens is 2. The van der Waals surface area contributed by atoms with Gasteiger partial charge in [0.15, 0.2) is 0 Å². The summed E-state index contributed by atoms with van der Waals surface area (Å²) in [5.74, 6) is 1.61. The fraction of sp³-hybridized carbons (Fsp3) is 0.722. The largest absolute Gasteiger partial charge is 0.338 e. The van der Waals surface area contributed by atoms with Crippen molar-refractivity contribution in [1.29, 1.82) is 5.26 Å². The highest BCUT2D eigenvalue weighted by Crippen LogP contribution is 2.41. The van der Waals surface area contributed by atoms with Crippen LogP contribution in [0.5, 0.6) is 0 Å². The molecule has 1 aliphatic carbocycles.